The number of nitrogens with one attached hydrogen (secondary N) is 1. The molecule has 3 heterocycles. The summed E-state index contributed by atoms with van der Waals surface area (Å²) >= 11 is 0. The van der Waals surface area contributed by atoms with Gasteiger partial charge in [-0.25, -0.2) is 4.68 Å². The van der Waals surface area contributed by atoms with Crippen LogP contribution in [0.1, 0.15) is 29.4 Å². The lowest BCUT2D eigenvalue weighted by Crippen LogP contribution is -2.24. The molecule has 1 fully saturated rings. The van der Waals surface area contributed by atoms with Crippen LogP contribution in [0.15, 0.2) is 29.2 Å². The van der Waals surface area contributed by atoms with E-state index in [1.54, 1.807) is 17.8 Å². The fourth-order valence-corrected chi connectivity index (χ4v) is 3.41. The smallest absolute Gasteiger partial charge is 0.290 e. The molecular formula is C19H25N7O2. The summed E-state index contributed by atoms with van der Waals surface area (Å²) in [5, 5.41) is 16.2. The number of hydrogen-bond acceptors (Lipinski definition) is 6. The molecule has 9 heteroatoms. The van der Waals surface area contributed by atoms with E-state index in [0.29, 0.717) is 36.6 Å². The molecule has 4 rings (SSSR count). The van der Waals surface area contributed by atoms with Gasteiger partial charge < -0.3 is 10.1 Å². The quantitative estimate of drug-likeness (QED) is 0.662. The number of hydrogen-bond donors (Lipinski definition) is 1. The minimum absolute atomic E-state index is 0.191. The van der Waals surface area contributed by atoms with Crippen molar-refractivity contribution in [3.05, 3.63) is 51.8 Å². The molecule has 1 saturated carbocycles. The molecule has 9 nitrogen and oxygen atoms in total. The van der Waals surface area contributed by atoms with Crippen LogP contribution < -0.4 is 15.6 Å². The number of rotatable bonds is 7. The highest BCUT2D eigenvalue weighted by atomic mass is 16.5. The maximum Gasteiger partial charge on any atom is 0.290 e. The fraction of sp³-hybridized carbons (Fsp3) is 0.474. The first-order valence-corrected chi connectivity index (χ1v) is 9.35. The van der Waals surface area contributed by atoms with E-state index in [1.165, 1.54) is 4.68 Å². The summed E-state index contributed by atoms with van der Waals surface area (Å²) in [6.07, 6.45) is 3.02. The second kappa shape index (κ2) is 7.14. The minimum Gasteiger partial charge on any atom is -0.476 e. The van der Waals surface area contributed by atoms with Gasteiger partial charge in [0.25, 0.3) is 5.56 Å². The Bertz CT molecular complexity index is 1050. The van der Waals surface area contributed by atoms with Crippen LogP contribution in [-0.2, 0) is 27.7 Å². The third-order valence-corrected chi connectivity index (χ3v) is 5.08. The molecule has 148 valence electrons. The van der Waals surface area contributed by atoms with Gasteiger partial charge in [0, 0.05) is 45.2 Å². The first kappa shape index (κ1) is 18.3. The molecule has 3 aromatic rings. The van der Waals surface area contributed by atoms with Gasteiger partial charge in [0.1, 0.15) is 5.69 Å². The molecule has 1 N–H and O–H groups in total. The average molecular weight is 383 g/mol. The monoisotopic (exact) mass is 383 g/mol. The summed E-state index contributed by atoms with van der Waals surface area (Å²) in [4.78, 5) is 12.4. The van der Waals surface area contributed by atoms with Crippen LogP contribution in [0.4, 0.5) is 5.69 Å². The van der Waals surface area contributed by atoms with Crippen molar-refractivity contribution < 1.29 is 4.74 Å². The highest BCUT2D eigenvalue weighted by Gasteiger charge is 2.40. The Morgan fingerprint density at radius 3 is 2.68 bits per heavy atom. The summed E-state index contributed by atoms with van der Waals surface area (Å²) in [6.45, 7) is 3.00. The first-order valence-electron chi connectivity index (χ1n) is 9.35. The molecule has 0 radical (unpaired) electrons. The number of aryl methyl sites for hydroxylation is 4. The summed E-state index contributed by atoms with van der Waals surface area (Å²) in [7, 11) is 5.44. The van der Waals surface area contributed by atoms with Crippen LogP contribution in [0.3, 0.4) is 0 Å². The maximum atomic E-state index is 12.4. The van der Waals surface area contributed by atoms with Crippen molar-refractivity contribution in [1.29, 1.82) is 0 Å². The molecule has 0 spiro atoms. The number of aromatic nitrogens is 6. The van der Waals surface area contributed by atoms with Crippen molar-refractivity contribution in [2.75, 3.05) is 11.9 Å². The van der Waals surface area contributed by atoms with E-state index < -0.39 is 0 Å². The second-order valence-corrected chi connectivity index (χ2v) is 7.41. The van der Waals surface area contributed by atoms with Crippen molar-refractivity contribution >= 4 is 5.69 Å². The first-order chi connectivity index (χ1) is 13.4. The van der Waals surface area contributed by atoms with Crippen LogP contribution >= 0.6 is 0 Å². The van der Waals surface area contributed by atoms with Crippen molar-refractivity contribution in [3.8, 4) is 5.88 Å². The molecule has 0 saturated heterocycles. The minimum atomic E-state index is -0.191. The Morgan fingerprint density at radius 1 is 1.18 bits per heavy atom. The predicted octanol–water partition coefficient (Wildman–Crippen LogP) is 1.35. The van der Waals surface area contributed by atoms with Gasteiger partial charge in [-0.1, -0.05) is 0 Å². The number of anilines is 1. The van der Waals surface area contributed by atoms with Crippen LogP contribution in [0.2, 0.25) is 0 Å². The van der Waals surface area contributed by atoms with E-state index in [-0.39, 0.29) is 5.56 Å². The van der Waals surface area contributed by atoms with Crippen LogP contribution in [0.5, 0.6) is 5.88 Å². The van der Waals surface area contributed by atoms with Crippen LogP contribution in [0, 0.1) is 12.8 Å². The lowest BCUT2D eigenvalue weighted by atomic mass is 10.2. The van der Waals surface area contributed by atoms with E-state index in [4.69, 9.17) is 4.74 Å². The Hall–Kier alpha value is -3.10. The molecule has 1 aliphatic rings. The topological polar surface area (TPSA) is 91.8 Å². The molecule has 1 aliphatic carbocycles. The van der Waals surface area contributed by atoms with Gasteiger partial charge in [-0.05, 0) is 25.5 Å². The van der Waals surface area contributed by atoms with Crippen molar-refractivity contribution in [2.45, 2.75) is 25.8 Å². The molecule has 0 aliphatic heterocycles. The summed E-state index contributed by atoms with van der Waals surface area (Å²) < 4.78 is 10.8. The van der Waals surface area contributed by atoms with Crippen molar-refractivity contribution in [2.24, 2.45) is 27.1 Å². The zero-order chi connectivity index (χ0) is 19.8. The van der Waals surface area contributed by atoms with Gasteiger partial charge in [-0.15, -0.1) is 5.10 Å². The van der Waals surface area contributed by atoms with E-state index in [9.17, 15) is 4.79 Å². The molecule has 3 aromatic heterocycles. The zero-order valence-corrected chi connectivity index (χ0v) is 16.6. The Labute approximate surface area is 162 Å². The molecule has 0 amide bonds. The molecule has 1 unspecified atom stereocenters. The molecule has 2 atom stereocenters. The zero-order valence-electron chi connectivity index (χ0n) is 16.6. The van der Waals surface area contributed by atoms with Crippen LogP contribution in [0.25, 0.3) is 0 Å². The molecule has 0 aromatic carbocycles. The summed E-state index contributed by atoms with van der Waals surface area (Å²) in [6, 6.07) is 5.71. The van der Waals surface area contributed by atoms with Gasteiger partial charge >= 0.3 is 0 Å². The van der Waals surface area contributed by atoms with Crippen molar-refractivity contribution in [1.82, 2.24) is 29.3 Å². The third-order valence-electron chi connectivity index (χ3n) is 5.08. The van der Waals surface area contributed by atoms with Gasteiger partial charge in [0.2, 0.25) is 5.88 Å². The van der Waals surface area contributed by atoms with E-state index in [1.807, 2.05) is 38.0 Å². The lowest BCUT2D eigenvalue weighted by Gasteiger charge is -2.10. The van der Waals surface area contributed by atoms with Gasteiger partial charge in [-0.2, -0.15) is 10.2 Å². The summed E-state index contributed by atoms with van der Waals surface area (Å²) in [5.41, 5.74) is 3.32. The molecular weight excluding hydrogens is 358 g/mol. The van der Waals surface area contributed by atoms with Crippen molar-refractivity contribution in [3.63, 3.8) is 0 Å². The highest BCUT2D eigenvalue weighted by molar-refractivity contribution is 5.43. The Morgan fingerprint density at radius 2 is 2.00 bits per heavy atom. The number of ether oxygens (including phenoxy) is 1. The Balaban J connectivity index is 1.39. The highest BCUT2D eigenvalue weighted by Crippen LogP contribution is 2.46. The average Bonchev–Trinajstić information content (AvgIpc) is 3.18. The molecule has 28 heavy (non-hydrogen) atoms. The maximum absolute atomic E-state index is 12.4. The van der Waals surface area contributed by atoms with E-state index in [2.05, 4.69) is 26.7 Å². The normalized spacial score (nSPS) is 18.3. The standard InChI is InChI=1S/C19H25N7O2/c1-12-7-14(25(3)21-12)10-20-17-9-18(23-26(4)19(17)27)28-11-13-8-15(13)16-5-6-24(2)22-16/h5-7,9,13,15,20H,8,10-11H2,1-4H3/t13?,15-/m0/s1. The lowest BCUT2D eigenvalue weighted by molar-refractivity contribution is 0.278. The fourth-order valence-electron chi connectivity index (χ4n) is 3.41. The third kappa shape index (κ3) is 3.78. The largest absolute Gasteiger partial charge is 0.476 e. The van der Waals surface area contributed by atoms with Gasteiger partial charge in [0.05, 0.1) is 30.2 Å². The van der Waals surface area contributed by atoms with E-state index >= 15 is 0 Å². The van der Waals surface area contributed by atoms with Gasteiger partial charge in [0.15, 0.2) is 0 Å². The number of nitrogens with zero attached hydrogens (tertiary/aromatic N) is 6. The predicted molar refractivity (Wildman–Crippen MR) is 104 cm³/mol. The van der Waals surface area contributed by atoms with E-state index in [0.717, 1.165) is 23.5 Å². The Kier molecular flexibility index (Phi) is 4.66. The summed E-state index contributed by atoms with van der Waals surface area (Å²) in [5.74, 6) is 1.32. The molecule has 0 bridgehead atoms. The van der Waals surface area contributed by atoms with Crippen LogP contribution in [-0.4, -0.2) is 35.9 Å². The second-order valence-electron chi connectivity index (χ2n) is 7.41. The SMILES string of the molecule is Cc1cc(CNc2cc(OCC3C[C@@H]3c3ccn(C)n3)nn(C)c2=O)n(C)n1. The van der Waals surface area contributed by atoms with Gasteiger partial charge in [-0.3, -0.25) is 14.2 Å².